The summed E-state index contributed by atoms with van der Waals surface area (Å²) in [7, 11) is 0. The molecular formula is C25H28FN3O4S. The largest absolute Gasteiger partial charge is 0.353 e. The highest BCUT2D eigenvalue weighted by molar-refractivity contribution is 7.99. The fourth-order valence-electron chi connectivity index (χ4n) is 4.61. The SMILES string of the molecule is O=C(NC1CCN(C(=O)c2cc([N+](=O)[O-])ccc2Sc2ccccc2F)CC1)C1CCCCC1. The first-order valence-electron chi connectivity index (χ1n) is 11.7. The number of piperidine rings is 1. The van der Waals surface area contributed by atoms with E-state index in [1.165, 1.54) is 30.7 Å². The Morgan fingerprint density at radius 1 is 1.00 bits per heavy atom. The third-order valence-electron chi connectivity index (χ3n) is 6.57. The second-order valence-corrected chi connectivity index (χ2v) is 9.96. The van der Waals surface area contributed by atoms with E-state index in [1.54, 1.807) is 23.1 Å². The van der Waals surface area contributed by atoms with Gasteiger partial charge in [0.2, 0.25) is 5.91 Å². The molecule has 0 aromatic heterocycles. The fraction of sp³-hybridized carbons (Fsp3) is 0.440. The molecule has 2 amide bonds. The Balaban J connectivity index is 1.44. The molecule has 2 aromatic carbocycles. The predicted octanol–water partition coefficient (Wildman–Crippen LogP) is 5.19. The van der Waals surface area contributed by atoms with Crippen LogP contribution in [0.25, 0.3) is 0 Å². The van der Waals surface area contributed by atoms with Gasteiger partial charge in [0, 0.05) is 47.0 Å². The van der Waals surface area contributed by atoms with Crippen molar-refractivity contribution in [2.75, 3.05) is 13.1 Å². The Bertz CT molecular complexity index is 1070. The number of benzene rings is 2. The lowest BCUT2D eigenvalue weighted by molar-refractivity contribution is -0.384. The summed E-state index contributed by atoms with van der Waals surface area (Å²) in [5.74, 6) is -0.527. The highest BCUT2D eigenvalue weighted by atomic mass is 32.2. The fourth-order valence-corrected chi connectivity index (χ4v) is 5.56. The van der Waals surface area contributed by atoms with E-state index in [0.717, 1.165) is 37.4 Å². The van der Waals surface area contributed by atoms with Gasteiger partial charge in [-0.2, -0.15) is 0 Å². The van der Waals surface area contributed by atoms with Crippen LogP contribution in [-0.4, -0.2) is 40.8 Å². The number of nitrogens with zero attached hydrogens (tertiary/aromatic N) is 2. The monoisotopic (exact) mass is 485 g/mol. The molecule has 2 aromatic rings. The van der Waals surface area contributed by atoms with Crippen molar-refractivity contribution in [1.82, 2.24) is 10.2 Å². The maximum atomic E-state index is 14.2. The van der Waals surface area contributed by atoms with Gasteiger partial charge in [-0.15, -0.1) is 0 Å². The lowest BCUT2D eigenvalue weighted by atomic mass is 9.88. The number of carbonyl (C=O) groups is 2. The van der Waals surface area contributed by atoms with E-state index in [9.17, 15) is 24.1 Å². The van der Waals surface area contributed by atoms with E-state index in [-0.39, 0.29) is 35.0 Å². The van der Waals surface area contributed by atoms with Crippen molar-refractivity contribution < 1.29 is 18.9 Å². The summed E-state index contributed by atoms with van der Waals surface area (Å²) in [5.41, 5.74) is 0.00279. The van der Waals surface area contributed by atoms with Crippen LogP contribution >= 0.6 is 11.8 Å². The highest BCUT2D eigenvalue weighted by Gasteiger charge is 2.29. The summed E-state index contributed by atoms with van der Waals surface area (Å²) in [5, 5.41) is 14.5. The van der Waals surface area contributed by atoms with Crippen LogP contribution < -0.4 is 5.32 Å². The van der Waals surface area contributed by atoms with Gasteiger partial charge in [-0.25, -0.2) is 4.39 Å². The quantitative estimate of drug-likeness (QED) is 0.449. The van der Waals surface area contributed by atoms with Gasteiger partial charge in [-0.3, -0.25) is 19.7 Å². The zero-order valence-electron chi connectivity index (χ0n) is 18.9. The van der Waals surface area contributed by atoms with Crippen molar-refractivity contribution in [3.05, 3.63) is 64.0 Å². The number of non-ortho nitro benzene ring substituents is 1. The van der Waals surface area contributed by atoms with Gasteiger partial charge in [0.1, 0.15) is 5.82 Å². The number of hydrogen-bond donors (Lipinski definition) is 1. The Hall–Kier alpha value is -2.94. The summed E-state index contributed by atoms with van der Waals surface area (Å²) < 4.78 is 14.2. The van der Waals surface area contributed by atoms with Crippen LogP contribution in [0.4, 0.5) is 10.1 Å². The number of likely N-dealkylation sites (tertiary alicyclic amines) is 1. The molecule has 1 saturated carbocycles. The summed E-state index contributed by atoms with van der Waals surface area (Å²) in [6.45, 7) is 0.891. The van der Waals surface area contributed by atoms with E-state index < -0.39 is 10.7 Å². The Labute approximate surface area is 202 Å². The van der Waals surface area contributed by atoms with Crippen molar-refractivity contribution in [2.24, 2.45) is 5.92 Å². The number of carbonyl (C=O) groups excluding carboxylic acids is 2. The molecule has 2 aliphatic rings. The first-order valence-corrected chi connectivity index (χ1v) is 12.5. The molecule has 2 fully saturated rings. The van der Waals surface area contributed by atoms with Crippen molar-refractivity contribution in [3.63, 3.8) is 0 Å². The number of nitro groups is 1. The maximum Gasteiger partial charge on any atom is 0.270 e. The Morgan fingerprint density at radius 2 is 1.71 bits per heavy atom. The lowest BCUT2D eigenvalue weighted by Gasteiger charge is -2.34. The topological polar surface area (TPSA) is 92.6 Å². The molecule has 1 N–H and O–H groups in total. The smallest absolute Gasteiger partial charge is 0.270 e. The van der Waals surface area contributed by atoms with E-state index in [4.69, 9.17) is 0 Å². The maximum absolute atomic E-state index is 14.2. The van der Waals surface area contributed by atoms with Gasteiger partial charge in [-0.1, -0.05) is 43.2 Å². The van der Waals surface area contributed by atoms with Gasteiger partial charge in [0.05, 0.1) is 10.5 Å². The minimum absolute atomic E-state index is 0.0239. The second-order valence-electron chi connectivity index (χ2n) is 8.88. The van der Waals surface area contributed by atoms with Crippen LogP contribution in [0.3, 0.4) is 0 Å². The van der Waals surface area contributed by atoms with Gasteiger partial charge in [-0.05, 0) is 43.9 Å². The zero-order valence-corrected chi connectivity index (χ0v) is 19.7. The third-order valence-corrected chi connectivity index (χ3v) is 7.69. The van der Waals surface area contributed by atoms with E-state index >= 15 is 0 Å². The molecule has 0 spiro atoms. The van der Waals surface area contributed by atoms with Crippen LogP contribution in [0.2, 0.25) is 0 Å². The van der Waals surface area contributed by atoms with Gasteiger partial charge < -0.3 is 10.2 Å². The van der Waals surface area contributed by atoms with Crippen LogP contribution in [0, 0.1) is 21.8 Å². The van der Waals surface area contributed by atoms with Crippen LogP contribution in [0.5, 0.6) is 0 Å². The van der Waals surface area contributed by atoms with Crippen LogP contribution in [0.1, 0.15) is 55.3 Å². The first-order chi connectivity index (χ1) is 16.4. The highest BCUT2D eigenvalue weighted by Crippen LogP contribution is 2.35. The minimum atomic E-state index is -0.540. The average Bonchev–Trinajstić information content (AvgIpc) is 2.86. The summed E-state index contributed by atoms with van der Waals surface area (Å²) >= 11 is 1.08. The molecule has 180 valence electrons. The first kappa shape index (κ1) is 24.2. The third kappa shape index (κ3) is 5.75. The minimum Gasteiger partial charge on any atom is -0.353 e. The standard InChI is InChI=1S/C25H28FN3O4S/c26-21-8-4-5-9-23(21)34-22-11-10-19(29(32)33)16-20(22)25(31)28-14-12-18(13-15-28)27-24(30)17-6-2-1-3-7-17/h4-5,8-11,16-18H,1-3,6-7,12-15H2,(H,27,30). The van der Waals surface area contributed by atoms with E-state index in [2.05, 4.69) is 5.32 Å². The van der Waals surface area contributed by atoms with E-state index in [0.29, 0.717) is 35.7 Å². The molecule has 7 nitrogen and oxygen atoms in total. The molecule has 1 saturated heterocycles. The zero-order chi connectivity index (χ0) is 24.1. The average molecular weight is 486 g/mol. The molecule has 0 unspecified atom stereocenters. The Morgan fingerprint density at radius 3 is 2.38 bits per heavy atom. The number of hydrogen-bond acceptors (Lipinski definition) is 5. The molecular weight excluding hydrogens is 457 g/mol. The number of nitrogens with one attached hydrogen (secondary N) is 1. The summed E-state index contributed by atoms with van der Waals surface area (Å²) in [6.07, 6.45) is 6.54. The van der Waals surface area contributed by atoms with Crippen molar-refractivity contribution in [3.8, 4) is 0 Å². The van der Waals surface area contributed by atoms with Gasteiger partial charge in [0.25, 0.3) is 11.6 Å². The van der Waals surface area contributed by atoms with Crippen molar-refractivity contribution in [1.29, 1.82) is 0 Å². The van der Waals surface area contributed by atoms with Crippen LogP contribution in [-0.2, 0) is 4.79 Å². The molecule has 0 radical (unpaired) electrons. The van der Waals surface area contributed by atoms with Crippen molar-refractivity contribution >= 4 is 29.3 Å². The number of nitro benzene ring substituents is 1. The molecule has 1 heterocycles. The Kier molecular flexibility index (Phi) is 7.82. The van der Waals surface area contributed by atoms with Crippen molar-refractivity contribution in [2.45, 2.75) is 60.8 Å². The number of amides is 2. The number of rotatable bonds is 6. The summed E-state index contributed by atoms with van der Waals surface area (Å²) in [4.78, 5) is 39.2. The molecule has 1 aliphatic carbocycles. The molecule has 34 heavy (non-hydrogen) atoms. The lowest BCUT2D eigenvalue weighted by Crippen LogP contribution is -2.48. The summed E-state index contributed by atoms with van der Waals surface area (Å²) in [6, 6.07) is 10.3. The number of halogens is 1. The normalized spacial score (nSPS) is 17.4. The molecule has 4 rings (SSSR count). The second kappa shape index (κ2) is 11.0. The van der Waals surface area contributed by atoms with Gasteiger partial charge in [0.15, 0.2) is 0 Å². The molecule has 0 bridgehead atoms. The van der Waals surface area contributed by atoms with Gasteiger partial charge >= 0.3 is 0 Å². The predicted molar refractivity (Wildman–Crippen MR) is 127 cm³/mol. The molecule has 0 atom stereocenters. The molecule has 1 aliphatic heterocycles. The van der Waals surface area contributed by atoms with E-state index in [1.807, 2.05) is 0 Å². The van der Waals surface area contributed by atoms with Crippen LogP contribution in [0.15, 0.2) is 52.3 Å². The molecule has 9 heteroatoms.